The molecular formula is C26H25FN6O. The molecule has 1 atom stereocenters. The number of rotatable bonds is 3. The van der Waals surface area contributed by atoms with Gasteiger partial charge in [0.2, 0.25) is 5.69 Å². The molecule has 5 rings (SSSR count). The summed E-state index contributed by atoms with van der Waals surface area (Å²) in [4.78, 5) is 18.5. The monoisotopic (exact) mass is 456 g/mol. The maximum absolute atomic E-state index is 14.6. The lowest BCUT2D eigenvalue weighted by Gasteiger charge is -2.30. The van der Waals surface area contributed by atoms with Crippen molar-refractivity contribution < 1.29 is 9.18 Å². The average Bonchev–Trinajstić information content (AvgIpc) is 3.36. The molecule has 2 N–H and O–H groups in total. The molecule has 1 fully saturated rings. The fourth-order valence-electron chi connectivity index (χ4n) is 4.80. The summed E-state index contributed by atoms with van der Waals surface area (Å²) >= 11 is 0. The van der Waals surface area contributed by atoms with E-state index in [0.717, 1.165) is 40.6 Å². The van der Waals surface area contributed by atoms with E-state index in [-0.39, 0.29) is 17.6 Å². The Morgan fingerprint density at radius 3 is 2.71 bits per heavy atom. The van der Waals surface area contributed by atoms with Crippen LogP contribution in [0.3, 0.4) is 0 Å². The Kier molecular flexibility index (Phi) is 5.42. The van der Waals surface area contributed by atoms with Crippen molar-refractivity contribution in [3.05, 3.63) is 71.6 Å². The molecule has 0 unspecified atom stereocenters. The first-order chi connectivity index (χ1) is 16.4. The van der Waals surface area contributed by atoms with Crippen LogP contribution in [0.2, 0.25) is 0 Å². The van der Waals surface area contributed by atoms with Crippen LogP contribution in [0.4, 0.5) is 10.1 Å². The molecule has 172 valence electrons. The van der Waals surface area contributed by atoms with Gasteiger partial charge in [-0.3, -0.25) is 9.48 Å². The Bertz CT molecular complexity index is 1460. The third-order valence-corrected chi connectivity index (χ3v) is 6.47. The van der Waals surface area contributed by atoms with Crippen molar-refractivity contribution in [2.45, 2.75) is 18.9 Å². The molecule has 1 aliphatic rings. The summed E-state index contributed by atoms with van der Waals surface area (Å²) in [6, 6.07) is 12.3. The number of fused-ring (bicyclic) bond motifs is 1. The Hall–Kier alpha value is -3.96. The number of aromatic nitrogens is 3. The Morgan fingerprint density at radius 1 is 1.18 bits per heavy atom. The first kappa shape index (κ1) is 21.9. The maximum Gasteiger partial charge on any atom is 0.270 e. The van der Waals surface area contributed by atoms with E-state index in [1.807, 2.05) is 49.1 Å². The van der Waals surface area contributed by atoms with Crippen LogP contribution in [0.15, 0.2) is 48.7 Å². The molecule has 2 aromatic carbocycles. The smallest absolute Gasteiger partial charge is 0.270 e. The van der Waals surface area contributed by atoms with Crippen molar-refractivity contribution in [2.24, 2.45) is 19.8 Å². The summed E-state index contributed by atoms with van der Waals surface area (Å²) in [5.74, 6) is -0.675. The van der Waals surface area contributed by atoms with Crippen molar-refractivity contribution in [3.63, 3.8) is 0 Å². The number of halogens is 1. The summed E-state index contributed by atoms with van der Waals surface area (Å²) in [6.07, 6.45) is 3.72. The molecule has 0 spiro atoms. The number of piperidine rings is 1. The van der Waals surface area contributed by atoms with Gasteiger partial charge in [-0.2, -0.15) is 5.10 Å². The zero-order chi connectivity index (χ0) is 24.0. The lowest BCUT2D eigenvalue weighted by molar-refractivity contribution is 0.0699. The third kappa shape index (κ3) is 3.74. The van der Waals surface area contributed by atoms with Crippen molar-refractivity contribution >= 4 is 22.5 Å². The van der Waals surface area contributed by atoms with E-state index in [1.165, 1.54) is 12.1 Å². The Balaban J connectivity index is 1.68. The van der Waals surface area contributed by atoms with E-state index in [0.29, 0.717) is 24.3 Å². The summed E-state index contributed by atoms with van der Waals surface area (Å²) in [6.45, 7) is 8.34. The Morgan fingerprint density at radius 2 is 1.97 bits per heavy atom. The molecule has 1 amide bonds. The minimum absolute atomic E-state index is 0.0276. The van der Waals surface area contributed by atoms with Crippen LogP contribution in [-0.2, 0) is 14.1 Å². The number of nitrogens with zero attached hydrogens (tertiary/aromatic N) is 5. The third-order valence-electron chi connectivity index (χ3n) is 6.47. The van der Waals surface area contributed by atoms with Gasteiger partial charge in [0, 0.05) is 50.4 Å². The van der Waals surface area contributed by atoms with Crippen LogP contribution in [-0.4, -0.2) is 44.3 Å². The molecule has 1 saturated heterocycles. The standard InChI is InChI=1S/C26H25FN6O/c1-29-23-9-6-16(12-21(23)27)20-13-24(26(34)33-10-4-5-19(28)15-33)32(3)25(20)17-7-8-22-18(11-17)14-31(2)30-22/h6-9,11-14,19H,4-5,10,15,28H2,2-3H3/t19-/m1/s1. The fourth-order valence-corrected chi connectivity index (χ4v) is 4.80. The van der Waals surface area contributed by atoms with Crippen LogP contribution in [0.5, 0.6) is 0 Å². The molecule has 3 heterocycles. The fraction of sp³-hybridized carbons (Fsp3) is 0.269. The number of hydrogen-bond donors (Lipinski definition) is 1. The van der Waals surface area contributed by atoms with E-state index >= 15 is 0 Å². The van der Waals surface area contributed by atoms with Gasteiger partial charge in [0.15, 0.2) is 0 Å². The molecule has 0 saturated carbocycles. The van der Waals surface area contributed by atoms with Crippen molar-refractivity contribution in [1.29, 1.82) is 0 Å². The van der Waals surface area contributed by atoms with Gasteiger partial charge in [0.1, 0.15) is 11.5 Å². The first-order valence-corrected chi connectivity index (χ1v) is 11.2. The van der Waals surface area contributed by atoms with Gasteiger partial charge in [0.05, 0.1) is 17.8 Å². The number of carbonyl (C=O) groups is 1. The van der Waals surface area contributed by atoms with Crippen LogP contribution < -0.4 is 5.73 Å². The van der Waals surface area contributed by atoms with E-state index in [4.69, 9.17) is 12.3 Å². The van der Waals surface area contributed by atoms with Crippen LogP contribution in [0.25, 0.3) is 38.1 Å². The van der Waals surface area contributed by atoms with Gasteiger partial charge < -0.3 is 15.2 Å². The van der Waals surface area contributed by atoms with Gasteiger partial charge in [0.25, 0.3) is 5.91 Å². The van der Waals surface area contributed by atoms with Gasteiger partial charge >= 0.3 is 0 Å². The zero-order valence-electron chi connectivity index (χ0n) is 19.1. The summed E-state index contributed by atoms with van der Waals surface area (Å²) < 4.78 is 18.2. The predicted octanol–water partition coefficient (Wildman–Crippen LogP) is 4.50. The number of likely N-dealkylation sites (tertiary alicyclic amines) is 1. The normalized spacial score (nSPS) is 16.1. The number of hydrogen-bond acceptors (Lipinski definition) is 3. The second-order valence-electron chi connectivity index (χ2n) is 8.86. The van der Waals surface area contributed by atoms with E-state index < -0.39 is 5.82 Å². The molecule has 4 aromatic rings. The number of benzene rings is 2. The quantitative estimate of drug-likeness (QED) is 0.462. The SMILES string of the molecule is [C-]#[N+]c1ccc(-c2cc(C(=O)N3CCC[C@@H](N)C3)n(C)c2-c2ccc3nn(C)cc3c2)cc1F. The molecule has 7 nitrogen and oxygen atoms in total. The van der Waals surface area contributed by atoms with E-state index in [1.54, 1.807) is 15.6 Å². The van der Waals surface area contributed by atoms with E-state index in [9.17, 15) is 9.18 Å². The second kappa shape index (κ2) is 8.43. The molecule has 8 heteroatoms. The highest BCUT2D eigenvalue weighted by molar-refractivity contribution is 5.98. The summed E-state index contributed by atoms with van der Waals surface area (Å²) in [5.41, 5.74) is 10.5. The largest absolute Gasteiger partial charge is 0.339 e. The number of amides is 1. The van der Waals surface area contributed by atoms with Crippen LogP contribution in [0, 0.1) is 12.4 Å². The molecule has 0 bridgehead atoms. The second-order valence-corrected chi connectivity index (χ2v) is 8.86. The highest BCUT2D eigenvalue weighted by atomic mass is 19.1. The van der Waals surface area contributed by atoms with Crippen LogP contribution in [0.1, 0.15) is 23.3 Å². The minimum atomic E-state index is -0.583. The summed E-state index contributed by atoms with van der Waals surface area (Å²) in [5, 5.41) is 5.41. The van der Waals surface area contributed by atoms with Crippen LogP contribution >= 0.6 is 0 Å². The lowest BCUT2D eigenvalue weighted by Crippen LogP contribution is -2.46. The molecular weight excluding hydrogens is 431 g/mol. The maximum atomic E-state index is 14.6. The molecule has 0 aliphatic carbocycles. The summed E-state index contributed by atoms with van der Waals surface area (Å²) in [7, 11) is 3.72. The van der Waals surface area contributed by atoms with Crippen molar-refractivity contribution in [2.75, 3.05) is 13.1 Å². The number of aryl methyl sites for hydroxylation is 1. The molecule has 2 aromatic heterocycles. The Labute approximate surface area is 197 Å². The molecule has 1 aliphatic heterocycles. The average molecular weight is 457 g/mol. The van der Waals surface area contributed by atoms with Gasteiger partial charge in [-0.25, -0.2) is 9.24 Å². The number of nitrogens with two attached hydrogens (primary N) is 1. The predicted molar refractivity (Wildman–Crippen MR) is 130 cm³/mol. The zero-order valence-corrected chi connectivity index (χ0v) is 19.1. The van der Waals surface area contributed by atoms with Gasteiger partial charge in [-0.05, 0) is 48.2 Å². The highest BCUT2D eigenvalue weighted by Gasteiger charge is 2.27. The molecule has 0 radical (unpaired) electrons. The minimum Gasteiger partial charge on any atom is -0.339 e. The molecule has 34 heavy (non-hydrogen) atoms. The first-order valence-electron chi connectivity index (χ1n) is 11.2. The highest BCUT2D eigenvalue weighted by Crippen LogP contribution is 2.38. The van der Waals surface area contributed by atoms with Crippen molar-refractivity contribution in [1.82, 2.24) is 19.2 Å². The van der Waals surface area contributed by atoms with Gasteiger partial charge in [-0.15, -0.1) is 0 Å². The van der Waals surface area contributed by atoms with E-state index in [2.05, 4.69) is 9.94 Å². The topological polar surface area (TPSA) is 73.4 Å². The van der Waals surface area contributed by atoms with Crippen molar-refractivity contribution in [3.8, 4) is 22.4 Å². The number of carbonyl (C=O) groups excluding carboxylic acids is 1. The van der Waals surface area contributed by atoms with Gasteiger partial charge in [-0.1, -0.05) is 18.2 Å². The lowest BCUT2D eigenvalue weighted by atomic mass is 10.00.